The Morgan fingerprint density at radius 2 is 2.05 bits per heavy atom. The number of pyridine rings is 1. The molecule has 2 amide bonds. The lowest BCUT2D eigenvalue weighted by Gasteiger charge is -2.25. The fraction of sp³-hybridized carbons (Fsp3) is 0.500. The summed E-state index contributed by atoms with van der Waals surface area (Å²) >= 11 is 3.30. The molecule has 0 atom stereocenters. The molecule has 0 bridgehead atoms. The molecule has 0 aliphatic heterocycles. The zero-order valence-electron chi connectivity index (χ0n) is 12.2. The number of rotatable bonds is 4. The highest BCUT2D eigenvalue weighted by Crippen LogP contribution is 2.15. The van der Waals surface area contributed by atoms with Crippen molar-refractivity contribution in [1.82, 2.24) is 15.2 Å². The molecule has 0 spiro atoms. The maximum atomic E-state index is 12.4. The fourth-order valence-electron chi connectivity index (χ4n) is 1.65. The molecule has 1 N–H and O–H groups in total. The van der Waals surface area contributed by atoms with Crippen LogP contribution in [0, 0.1) is 0 Å². The van der Waals surface area contributed by atoms with E-state index in [-0.39, 0.29) is 23.9 Å². The number of nitrogens with one attached hydrogen (secondary N) is 1. The van der Waals surface area contributed by atoms with E-state index >= 15 is 0 Å². The van der Waals surface area contributed by atoms with Crippen LogP contribution >= 0.6 is 15.9 Å². The lowest BCUT2D eigenvalue weighted by Crippen LogP contribution is -2.47. The van der Waals surface area contributed by atoms with E-state index in [9.17, 15) is 9.59 Å². The molecule has 1 heterocycles. The summed E-state index contributed by atoms with van der Waals surface area (Å²) in [6, 6.07) is 3.49. The minimum absolute atomic E-state index is 0.0234. The van der Waals surface area contributed by atoms with E-state index in [1.165, 1.54) is 4.90 Å². The third-order valence-electron chi connectivity index (χ3n) is 2.48. The smallest absolute Gasteiger partial charge is 0.274 e. The summed E-state index contributed by atoms with van der Waals surface area (Å²) in [5.41, 5.74) is 0.00315. The van der Waals surface area contributed by atoms with E-state index in [1.807, 2.05) is 27.7 Å². The quantitative estimate of drug-likeness (QED) is 0.913. The van der Waals surface area contributed by atoms with Crippen LogP contribution in [0.1, 0.15) is 38.2 Å². The van der Waals surface area contributed by atoms with Gasteiger partial charge in [-0.1, -0.05) is 0 Å². The predicted octanol–water partition coefficient (Wildman–Crippen LogP) is 2.22. The van der Waals surface area contributed by atoms with Crippen molar-refractivity contribution in [3.8, 4) is 0 Å². The molecule has 5 nitrogen and oxygen atoms in total. The predicted molar refractivity (Wildman–Crippen MR) is 81.4 cm³/mol. The van der Waals surface area contributed by atoms with Gasteiger partial charge in [0.05, 0.1) is 6.54 Å². The second-order valence-corrected chi connectivity index (χ2v) is 6.31. The van der Waals surface area contributed by atoms with Gasteiger partial charge in [0.1, 0.15) is 5.69 Å². The second-order valence-electron chi connectivity index (χ2n) is 5.45. The standard InChI is InChI=1S/C14H20BrN3O2/c1-5-18(9-11(19)17-14(2,3)4)13(20)12-10(15)7-6-8-16-12/h6-8H,5,9H2,1-4H3,(H,17,19). The van der Waals surface area contributed by atoms with Gasteiger partial charge in [-0.25, -0.2) is 4.98 Å². The van der Waals surface area contributed by atoms with Crippen LogP contribution in [0.4, 0.5) is 0 Å². The Morgan fingerprint density at radius 3 is 2.55 bits per heavy atom. The summed E-state index contributed by atoms with van der Waals surface area (Å²) in [6.07, 6.45) is 1.56. The Balaban J connectivity index is 2.79. The van der Waals surface area contributed by atoms with Gasteiger partial charge in [0.2, 0.25) is 5.91 Å². The van der Waals surface area contributed by atoms with Crippen molar-refractivity contribution in [3.63, 3.8) is 0 Å². The third-order valence-corrected chi connectivity index (χ3v) is 3.12. The van der Waals surface area contributed by atoms with Gasteiger partial charge in [0, 0.05) is 22.8 Å². The summed E-state index contributed by atoms with van der Waals surface area (Å²) in [6.45, 7) is 8.00. The second kappa shape index (κ2) is 6.83. The van der Waals surface area contributed by atoms with E-state index in [1.54, 1.807) is 18.3 Å². The molecule has 0 radical (unpaired) electrons. The van der Waals surface area contributed by atoms with Crippen LogP contribution in [0.25, 0.3) is 0 Å². The first kappa shape index (κ1) is 16.6. The largest absolute Gasteiger partial charge is 0.350 e. The minimum atomic E-state index is -0.314. The van der Waals surface area contributed by atoms with Gasteiger partial charge in [0.15, 0.2) is 0 Å². The number of likely N-dealkylation sites (N-methyl/N-ethyl adjacent to an activating group) is 1. The van der Waals surface area contributed by atoms with E-state index < -0.39 is 0 Å². The maximum Gasteiger partial charge on any atom is 0.274 e. The number of nitrogens with zero attached hydrogens (tertiary/aromatic N) is 2. The van der Waals surface area contributed by atoms with Gasteiger partial charge < -0.3 is 10.2 Å². The average Bonchev–Trinajstić information content (AvgIpc) is 2.33. The normalized spacial score (nSPS) is 11.1. The molecule has 0 aliphatic carbocycles. The van der Waals surface area contributed by atoms with Crippen molar-refractivity contribution in [1.29, 1.82) is 0 Å². The molecule has 0 fully saturated rings. The summed E-state index contributed by atoms with van der Waals surface area (Å²) < 4.78 is 0.625. The lowest BCUT2D eigenvalue weighted by molar-refractivity contribution is -0.123. The molecular formula is C14H20BrN3O2. The molecule has 20 heavy (non-hydrogen) atoms. The van der Waals surface area contributed by atoms with Crippen molar-refractivity contribution in [3.05, 3.63) is 28.5 Å². The number of hydrogen-bond acceptors (Lipinski definition) is 3. The first-order valence-corrected chi connectivity index (χ1v) is 7.24. The molecule has 0 aromatic carbocycles. The Morgan fingerprint density at radius 1 is 1.40 bits per heavy atom. The highest BCUT2D eigenvalue weighted by molar-refractivity contribution is 9.10. The van der Waals surface area contributed by atoms with Crippen LogP contribution in [0.5, 0.6) is 0 Å². The van der Waals surface area contributed by atoms with Crippen molar-refractivity contribution >= 4 is 27.7 Å². The van der Waals surface area contributed by atoms with Crippen molar-refractivity contribution in [2.45, 2.75) is 33.2 Å². The number of carbonyl (C=O) groups excluding carboxylic acids is 2. The highest BCUT2D eigenvalue weighted by Gasteiger charge is 2.22. The molecule has 1 aromatic rings. The van der Waals surface area contributed by atoms with Crippen LogP contribution in [-0.4, -0.2) is 40.3 Å². The molecule has 0 unspecified atom stereocenters. The number of carbonyl (C=O) groups is 2. The van der Waals surface area contributed by atoms with Crippen LogP contribution in [0.3, 0.4) is 0 Å². The number of aromatic nitrogens is 1. The zero-order chi connectivity index (χ0) is 15.3. The Hall–Kier alpha value is -1.43. The van der Waals surface area contributed by atoms with Gasteiger partial charge >= 0.3 is 0 Å². The SMILES string of the molecule is CCN(CC(=O)NC(C)(C)C)C(=O)c1ncccc1Br. The van der Waals surface area contributed by atoms with Gasteiger partial charge in [-0.15, -0.1) is 0 Å². The van der Waals surface area contributed by atoms with Crippen molar-refractivity contribution in [2.75, 3.05) is 13.1 Å². The highest BCUT2D eigenvalue weighted by atomic mass is 79.9. The molecular weight excluding hydrogens is 322 g/mol. The molecule has 0 saturated carbocycles. The van der Waals surface area contributed by atoms with Crippen LogP contribution in [0.15, 0.2) is 22.8 Å². The topological polar surface area (TPSA) is 62.3 Å². The van der Waals surface area contributed by atoms with E-state index in [2.05, 4.69) is 26.2 Å². The first-order valence-electron chi connectivity index (χ1n) is 6.45. The minimum Gasteiger partial charge on any atom is -0.350 e. The average molecular weight is 342 g/mol. The van der Waals surface area contributed by atoms with Crippen LogP contribution in [0.2, 0.25) is 0 Å². The summed E-state index contributed by atoms with van der Waals surface area (Å²) in [5, 5.41) is 2.84. The van der Waals surface area contributed by atoms with E-state index in [4.69, 9.17) is 0 Å². The molecule has 110 valence electrons. The van der Waals surface area contributed by atoms with E-state index in [0.717, 1.165) is 0 Å². The fourth-order valence-corrected chi connectivity index (χ4v) is 2.08. The number of amides is 2. The first-order chi connectivity index (χ1) is 9.24. The Kier molecular flexibility index (Phi) is 5.68. The maximum absolute atomic E-state index is 12.4. The molecule has 0 saturated heterocycles. The number of halogens is 1. The van der Waals surface area contributed by atoms with Crippen molar-refractivity contribution < 1.29 is 9.59 Å². The summed E-state index contributed by atoms with van der Waals surface area (Å²) in [7, 11) is 0. The monoisotopic (exact) mass is 341 g/mol. The Bertz CT molecular complexity index is 497. The van der Waals surface area contributed by atoms with E-state index in [0.29, 0.717) is 16.7 Å². The lowest BCUT2D eigenvalue weighted by atomic mass is 10.1. The van der Waals surface area contributed by atoms with Gasteiger partial charge in [-0.05, 0) is 55.8 Å². The van der Waals surface area contributed by atoms with Crippen LogP contribution < -0.4 is 5.32 Å². The van der Waals surface area contributed by atoms with Gasteiger partial charge in [-0.3, -0.25) is 9.59 Å². The molecule has 0 aliphatic rings. The molecule has 6 heteroatoms. The summed E-state index contributed by atoms with van der Waals surface area (Å²) in [5.74, 6) is -0.441. The summed E-state index contributed by atoms with van der Waals surface area (Å²) in [4.78, 5) is 29.8. The molecule has 1 aromatic heterocycles. The van der Waals surface area contributed by atoms with Gasteiger partial charge in [0.25, 0.3) is 5.91 Å². The third kappa shape index (κ3) is 4.92. The zero-order valence-corrected chi connectivity index (χ0v) is 13.8. The number of hydrogen-bond donors (Lipinski definition) is 1. The van der Waals surface area contributed by atoms with Crippen LogP contribution in [-0.2, 0) is 4.79 Å². The molecule has 1 rings (SSSR count). The van der Waals surface area contributed by atoms with Crippen molar-refractivity contribution in [2.24, 2.45) is 0 Å². The van der Waals surface area contributed by atoms with Gasteiger partial charge in [-0.2, -0.15) is 0 Å². The Labute approximate surface area is 127 Å².